The molecule has 1 N–H and O–H groups in total. The van der Waals surface area contributed by atoms with Gasteiger partial charge in [-0.3, -0.25) is 9.36 Å². The maximum Gasteiger partial charge on any atom is 0.129 e. The number of rotatable bonds is 4. The quantitative estimate of drug-likeness (QED) is 0.919. The van der Waals surface area contributed by atoms with Crippen LogP contribution in [-0.4, -0.2) is 26.1 Å². The van der Waals surface area contributed by atoms with Gasteiger partial charge in [0.15, 0.2) is 0 Å². The standard InChI is InChI=1S/C14H23N5/c1-7-15-14-13(11(4)16-18(14)6)8-19-12(5)9(2)10(3)17-19/h15H,7-8H2,1-6H3. The Morgan fingerprint density at radius 1 is 1.05 bits per heavy atom. The Bertz CT molecular complexity index is 591. The lowest BCUT2D eigenvalue weighted by atomic mass is 10.2. The van der Waals surface area contributed by atoms with E-state index in [0.29, 0.717) is 0 Å². The van der Waals surface area contributed by atoms with Crippen LogP contribution < -0.4 is 5.32 Å². The second-order valence-electron chi connectivity index (χ2n) is 5.02. The van der Waals surface area contributed by atoms with Gasteiger partial charge in [0.25, 0.3) is 0 Å². The average Bonchev–Trinajstić information content (AvgIpc) is 2.75. The Labute approximate surface area is 114 Å². The van der Waals surface area contributed by atoms with Gasteiger partial charge in [-0.25, -0.2) is 0 Å². The summed E-state index contributed by atoms with van der Waals surface area (Å²) in [5.74, 6) is 1.09. The van der Waals surface area contributed by atoms with E-state index in [0.717, 1.165) is 30.3 Å². The van der Waals surface area contributed by atoms with Gasteiger partial charge in [-0.1, -0.05) is 0 Å². The molecule has 0 fully saturated rings. The van der Waals surface area contributed by atoms with Crippen LogP contribution in [0.2, 0.25) is 0 Å². The fraction of sp³-hybridized carbons (Fsp3) is 0.571. The topological polar surface area (TPSA) is 47.7 Å². The molecular weight excluding hydrogens is 238 g/mol. The zero-order valence-electron chi connectivity index (χ0n) is 12.7. The van der Waals surface area contributed by atoms with Crippen LogP contribution in [-0.2, 0) is 13.6 Å². The van der Waals surface area contributed by atoms with Crippen molar-refractivity contribution < 1.29 is 0 Å². The third-order valence-corrected chi connectivity index (χ3v) is 3.74. The van der Waals surface area contributed by atoms with E-state index in [2.05, 4.69) is 54.8 Å². The number of hydrogen-bond acceptors (Lipinski definition) is 3. The van der Waals surface area contributed by atoms with E-state index in [1.807, 2.05) is 11.7 Å². The van der Waals surface area contributed by atoms with Crippen molar-refractivity contribution in [2.75, 3.05) is 11.9 Å². The molecule has 0 bridgehead atoms. The first-order chi connectivity index (χ1) is 8.95. The number of aromatic nitrogens is 4. The molecule has 0 saturated heterocycles. The van der Waals surface area contributed by atoms with Gasteiger partial charge in [-0.2, -0.15) is 10.2 Å². The highest BCUT2D eigenvalue weighted by molar-refractivity contribution is 5.47. The van der Waals surface area contributed by atoms with Crippen LogP contribution >= 0.6 is 0 Å². The molecule has 19 heavy (non-hydrogen) atoms. The first-order valence-corrected chi connectivity index (χ1v) is 6.72. The number of nitrogens with one attached hydrogen (secondary N) is 1. The van der Waals surface area contributed by atoms with Crippen LogP contribution in [0.25, 0.3) is 0 Å². The SMILES string of the molecule is CCNc1c(Cn2nc(C)c(C)c2C)c(C)nn1C. The molecule has 2 rings (SSSR count). The van der Waals surface area contributed by atoms with Crippen LogP contribution in [0.1, 0.15) is 35.1 Å². The number of anilines is 1. The van der Waals surface area contributed by atoms with Crippen molar-refractivity contribution in [1.82, 2.24) is 19.6 Å². The molecule has 0 spiro atoms. The first-order valence-electron chi connectivity index (χ1n) is 6.72. The molecular formula is C14H23N5. The summed E-state index contributed by atoms with van der Waals surface area (Å²) in [7, 11) is 1.97. The summed E-state index contributed by atoms with van der Waals surface area (Å²) in [6, 6.07) is 0. The summed E-state index contributed by atoms with van der Waals surface area (Å²) in [6.45, 7) is 12.1. The molecule has 2 aromatic rings. The number of hydrogen-bond donors (Lipinski definition) is 1. The molecule has 104 valence electrons. The summed E-state index contributed by atoms with van der Waals surface area (Å²) in [5, 5.41) is 12.5. The van der Waals surface area contributed by atoms with Crippen LogP contribution in [0, 0.1) is 27.7 Å². The van der Waals surface area contributed by atoms with Crippen molar-refractivity contribution in [3.05, 3.63) is 28.2 Å². The van der Waals surface area contributed by atoms with Gasteiger partial charge in [0.2, 0.25) is 0 Å². The van der Waals surface area contributed by atoms with Crippen molar-refractivity contribution in [1.29, 1.82) is 0 Å². The molecule has 0 aromatic carbocycles. The molecule has 0 saturated carbocycles. The molecule has 5 heteroatoms. The average molecular weight is 261 g/mol. The smallest absolute Gasteiger partial charge is 0.129 e. The summed E-state index contributed by atoms with van der Waals surface area (Å²) in [4.78, 5) is 0. The van der Waals surface area contributed by atoms with E-state index in [1.54, 1.807) is 0 Å². The Hall–Kier alpha value is -1.78. The lowest BCUT2D eigenvalue weighted by molar-refractivity contribution is 0.656. The van der Waals surface area contributed by atoms with Crippen LogP contribution in [0.15, 0.2) is 0 Å². The minimum absolute atomic E-state index is 0.766. The van der Waals surface area contributed by atoms with Crippen molar-refractivity contribution in [2.24, 2.45) is 7.05 Å². The van der Waals surface area contributed by atoms with Crippen LogP contribution in [0.4, 0.5) is 5.82 Å². The van der Waals surface area contributed by atoms with E-state index >= 15 is 0 Å². The van der Waals surface area contributed by atoms with Crippen molar-refractivity contribution in [2.45, 2.75) is 41.2 Å². The summed E-state index contributed by atoms with van der Waals surface area (Å²) in [5.41, 5.74) is 5.87. The minimum atomic E-state index is 0.766. The largest absolute Gasteiger partial charge is 0.370 e. The van der Waals surface area contributed by atoms with E-state index in [4.69, 9.17) is 0 Å². The predicted octanol–water partition coefficient (Wildman–Crippen LogP) is 2.33. The first kappa shape index (κ1) is 13.6. The van der Waals surface area contributed by atoms with Crippen molar-refractivity contribution in [3.8, 4) is 0 Å². The Morgan fingerprint density at radius 3 is 2.26 bits per heavy atom. The molecule has 0 amide bonds. The molecule has 2 aromatic heterocycles. The Morgan fingerprint density at radius 2 is 1.74 bits per heavy atom. The molecule has 0 aliphatic rings. The van der Waals surface area contributed by atoms with Gasteiger partial charge in [0, 0.05) is 24.8 Å². The summed E-state index contributed by atoms with van der Waals surface area (Å²) in [6.07, 6.45) is 0. The zero-order valence-corrected chi connectivity index (χ0v) is 12.7. The minimum Gasteiger partial charge on any atom is -0.370 e. The van der Waals surface area contributed by atoms with E-state index < -0.39 is 0 Å². The van der Waals surface area contributed by atoms with Crippen molar-refractivity contribution in [3.63, 3.8) is 0 Å². The van der Waals surface area contributed by atoms with Gasteiger partial charge >= 0.3 is 0 Å². The van der Waals surface area contributed by atoms with Gasteiger partial charge in [0.05, 0.1) is 17.9 Å². The molecule has 0 unspecified atom stereocenters. The van der Waals surface area contributed by atoms with Gasteiger partial charge in [-0.05, 0) is 40.2 Å². The maximum atomic E-state index is 4.61. The van der Waals surface area contributed by atoms with Crippen LogP contribution in [0.3, 0.4) is 0 Å². The second-order valence-corrected chi connectivity index (χ2v) is 5.02. The molecule has 2 heterocycles. The Kier molecular flexibility index (Phi) is 3.64. The maximum absolute atomic E-state index is 4.61. The molecule has 0 atom stereocenters. The number of aryl methyl sites for hydroxylation is 3. The zero-order chi connectivity index (χ0) is 14.2. The highest BCUT2D eigenvalue weighted by atomic mass is 15.3. The second kappa shape index (κ2) is 5.07. The highest BCUT2D eigenvalue weighted by Crippen LogP contribution is 2.21. The lowest BCUT2D eigenvalue weighted by Gasteiger charge is -2.09. The molecule has 0 aliphatic carbocycles. The summed E-state index contributed by atoms with van der Waals surface area (Å²) < 4.78 is 3.97. The van der Waals surface area contributed by atoms with E-state index in [9.17, 15) is 0 Å². The van der Waals surface area contributed by atoms with Gasteiger partial charge in [-0.15, -0.1) is 0 Å². The molecule has 5 nitrogen and oxygen atoms in total. The Balaban J connectivity index is 2.40. The van der Waals surface area contributed by atoms with E-state index in [-0.39, 0.29) is 0 Å². The van der Waals surface area contributed by atoms with Crippen LogP contribution in [0.5, 0.6) is 0 Å². The summed E-state index contributed by atoms with van der Waals surface area (Å²) >= 11 is 0. The third-order valence-electron chi connectivity index (χ3n) is 3.74. The van der Waals surface area contributed by atoms with Crippen molar-refractivity contribution >= 4 is 5.82 Å². The van der Waals surface area contributed by atoms with E-state index in [1.165, 1.54) is 16.8 Å². The third kappa shape index (κ3) is 2.37. The molecule has 0 radical (unpaired) electrons. The fourth-order valence-electron chi connectivity index (χ4n) is 2.37. The monoisotopic (exact) mass is 261 g/mol. The van der Waals surface area contributed by atoms with Gasteiger partial charge < -0.3 is 5.32 Å². The molecule has 0 aliphatic heterocycles. The normalized spacial score (nSPS) is 11.1. The lowest BCUT2D eigenvalue weighted by Crippen LogP contribution is -2.09. The fourth-order valence-corrected chi connectivity index (χ4v) is 2.37. The number of nitrogens with zero attached hydrogens (tertiary/aromatic N) is 4. The predicted molar refractivity (Wildman–Crippen MR) is 77.6 cm³/mol. The van der Waals surface area contributed by atoms with Gasteiger partial charge in [0.1, 0.15) is 5.82 Å². The highest BCUT2D eigenvalue weighted by Gasteiger charge is 2.15.